The van der Waals surface area contributed by atoms with Gasteiger partial charge in [-0.3, -0.25) is 9.59 Å². The Balaban J connectivity index is 1.80. The SMILES string of the molecule is CC12CCC(O)C(C)(C(=O)O)C1CC(=O)c1cc3[nH]c4ccccc4c3cc12. The van der Waals surface area contributed by atoms with Gasteiger partial charge in [0.05, 0.1) is 11.5 Å². The largest absolute Gasteiger partial charge is 0.481 e. The van der Waals surface area contributed by atoms with Gasteiger partial charge in [-0.2, -0.15) is 0 Å². The molecule has 0 spiro atoms. The molecule has 5 heteroatoms. The van der Waals surface area contributed by atoms with Gasteiger partial charge in [-0.1, -0.05) is 25.1 Å². The number of nitrogens with one attached hydrogen (secondary N) is 1. The van der Waals surface area contributed by atoms with Crippen LogP contribution in [0, 0.1) is 11.3 Å². The molecular weight excluding hydrogens is 354 g/mol. The summed E-state index contributed by atoms with van der Waals surface area (Å²) in [4.78, 5) is 28.6. The second-order valence-electron chi connectivity index (χ2n) is 8.85. The third-order valence-electron chi connectivity index (χ3n) is 7.53. The monoisotopic (exact) mass is 377 g/mol. The van der Waals surface area contributed by atoms with Crippen LogP contribution in [0.2, 0.25) is 0 Å². The highest BCUT2D eigenvalue weighted by atomic mass is 16.4. The summed E-state index contributed by atoms with van der Waals surface area (Å²) in [6.07, 6.45) is 0.273. The van der Waals surface area contributed by atoms with Crippen molar-refractivity contribution in [2.75, 3.05) is 0 Å². The highest BCUT2D eigenvalue weighted by molar-refractivity contribution is 6.11. The number of aromatic amines is 1. The van der Waals surface area contributed by atoms with E-state index in [1.54, 1.807) is 6.92 Å². The van der Waals surface area contributed by atoms with Crippen molar-refractivity contribution in [1.29, 1.82) is 0 Å². The van der Waals surface area contributed by atoms with E-state index >= 15 is 0 Å². The second kappa shape index (κ2) is 5.45. The molecule has 144 valence electrons. The van der Waals surface area contributed by atoms with Crippen LogP contribution in [0.1, 0.15) is 49.0 Å². The molecule has 0 radical (unpaired) electrons. The van der Waals surface area contributed by atoms with Crippen molar-refractivity contribution in [2.24, 2.45) is 11.3 Å². The minimum atomic E-state index is -1.34. The van der Waals surface area contributed by atoms with Gasteiger partial charge in [0.1, 0.15) is 0 Å². The number of carboxylic acids is 1. The van der Waals surface area contributed by atoms with Gasteiger partial charge in [-0.15, -0.1) is 0 Å². The molecule has 0 amide bonds. The smallest absolute Gasteiger partial charge is 0.312 e. The molecule has 0 saturated heterocycles. The zero-order chi connectivity index (χ0) is 19.8. The van der Waals surface area contributed by atoms with Crippen molar-refractivity contribution in [3.8, 4) is 0 Å². The number of hydrogen-bond acceptors (Lipinski definition) is 3. The summed E-state index contributed by atoms with van der Waals surface area (Å²) >= 11 is 0. The quantitative estimate of drug-likeness (QED) is 0.597. The van der Waals surface area contributed by atoms with Crippen molar-refractivity contribution >= 4 is 33.6 Å². The van der Waals surface area contributed by atoms with Crippen molar-refractivity contribution in [1.82, 2.24) is 4.98 Å². The van der Waals surface area contributed by atoms with E-state index in [1.807, 2.05) is 24.3 Å². The van der Waals surface area contributed by atoms with Crippen LogP contribution in [-0.2, 0) is 10.2 Å². The summed E-state index contributed by atoms with van der Waals surface area (Å²) in [5, 5.41) is 22.7. The van der Waals surface area contributed by atoms with Crippen LogP contribution >= 0.6 is 0 Å². The molecule has 0 aliphatic heterocycles. The lowest BCUT2D eigenvalue weighted by atomic mass is 9.48. The molecule has 1 fully saturated rings. The van der Waals surface area contributed by atoms with E-state index in [4.69, 9.17) is 0 Å². The van der Waals surface area contributed by atoms with Crippen molar-refractivity contribution < 1.29 is 19.8 Å². The standard InChI is InChI=1S/C23H23NO4/c1-22-8-7-20(26)23(2,21(27)28)19(22)11-18(25)14-10-17-13(9-15(14)22)12-5-3-4-6-16(12)24-17/h3-6,9-10,19-20,24,26H,7-8,11H2,1-2H3,(H,27,28). The number of fused-ring (bicyclic) bond motifs is 6. The molecule has 5 rings (SSSR count). The van der Waals surface area contributed by atoms with Crippen LogP contribution in [0.5, 0.6) is 0 Å². The number of benzene rings is 2. The Morgan fingerprint density at radius 1 is 1.14 bits per heavy atom. The van der Waals surface area contributed by atoms with Crippen LogP contribution in [0.3, 0.4) is 0 Å². The number of para-hydroxylation sites is 1. The Morgan fingerprint density at radius 2 is 1.89 bits per heavy atom. The summed E-state index contributed by atoms with van der Waals surface area (Å²) < 4.78 is 0. The van der Waals surface area contributed by atoms with Crippen LogP contribution in [0.15, 0.2) is 36.4 Å². The second-order valence-corrected chi connectivity index (χ2v) is 8.85. The minimum Gasteiger partial charge on any atom is -0.481 e. The van der Waals surface area contributed by atoms with E-state index in [0.29, 0.717) is 18.4 Å². The molecule has 28 heavy (non-hydrogen) atoms. The highest BCUT2D eigenvalue weighted by Crippen LogP contribution is 2.57. The molecule has 3 aromatic rings. The van der Waals surface area contributed by atoms with Crippen LogP contribution in [0.4, 0.5) is 0 Å². The van der Waals surface area contributed by atoms with Crippen molar-refractivity contribution in [3.05, 3.63) is 47.5 Å². The van der Waals surface area contributed by atoms with Gasteiger partial charge in [-0.25, -0.2) is 0 Å². The lowest BCUT2D eigenvalue weighted by Crippen LogP contribution is -2.59. The average molecular weight is 377 g/mol. The van der Waals surface area contributed by atoms with E-state index in [2.05, 4.69) is 24.0 Å². The molecule has 5 nitrogen and oxygen atoms in total. The molecular formula is C23H23NO4. The lowest BCUT2D eigenvalue weighted by Gasteiger charge is -2.54. The summed E-state index contributed by atoms with van der Waals surface area (Å²) in [7, 11) is 0. The Bertz CT molecular complexity index is 1160. The maximum Gasteiger partial charge on any atom is 0.312 e. The minimum absolute atomic E-state index is 0.0420. The highest BCUT2D eigenvalue weighted by Gasteiger charge is 2.60. The number of aromatic nitrogens is 1. The lowest BCUT2D eigenvalue weighted by molar-refractivity contribution is -0.170. The zero-order valence-electron chi connectivity index (χ0n) is 16.0. The van der Waals surface area contributed by atoms with Gasteiger partial charge < -0.3 is 15.2 Å². The van der Waals surface area contributed by atoms with E-state index in [1.165, 1.54) is 0 Å². The normalized spacial score (nSPS) is 32.3. The van der Waals surface area contributed by atoms with E-state index in [-0.39, 0.29) is 12.2 Å². The van der Waals surface area contributed by atoms with Crippen LogP contribution in [0.25, 0.3) is 21.8 Å². The number of ketones is 1. The number of Topliss-reactive ketones (excluding diaryl/α,β-unsaturated/α-hetero) is 1. The molecule has 2 aliphatic carbocycles. The first kappa shape index (κ1) is 17.4. The number of aliphatic hydroxyl groups is 1. The first-order valence-corrected chi connectivity index (χ1v) is 9.76. The van der Waals surface area contributed by atoms with Gasteiger partial charge >= 0.3 is 5.97 Å². The molecule has 1 aromatic heterocycles. The Morgan fingerprint density at radius 3 is 2.64 bits per heavy atom. The van der Waals surface area contributed by atoms with Crippen molar-refractivity contribution in [3.63, 3.8) is 0 Å². The Labute approximate surface area is 162 Å². The number of rotatable bonds is 1. The van der Waals surface area contributed by atoms with Gasteiger partial charge in [0.25, 0.3) is 0 Å². The van der Waals surface area contributed by atoms with E-state index < -0.39 is 28.8 Å². The predicted molar refractivity (Wildman–Crippen MR) is 107 cm³/mol. The first-order valence-electron chi connectivity index (χ1n) is 9.76. The molecule has 1 saturated carbocycles. The summed E-state index contributed by atoms with van der Waals surface area (Å²) in [5.41, 5.74) is 1.74. The molecule has 1 heterocycles. The Hall–Kier alpha value is -2.66. The van der Waals surface area contributed by atoms with Gasteiger partial charge in [0.2, 0.25) is 0 Å². The number of carboxylic acid groups (broad SMARTS) is 1. The molecule has 3 N–H and O–H groups in total. The van der Waals surface area contributed by atoms with Gasteiger partial charge in [0.15, 0.2) is 5.78 Å². The maximum absolute atomic E-state index is 13.1. The van der Waals surface area contributed by atoms with Crippen LogP contribution in [-0.4, -0.2) is 33.1 Å². The fourth-order valence-electron chi connectivity index (χ4n) is 5.75. The van der Waals surface area contributed by atoms with E-state index in [0.717, 1.165) is 27.4 Å². The number of carbonyl (C=O) groups is 2. The fraction of sp³-hybridized carbons (Fsp3) is 0.391. The topological polar surface area (TPSA) is 90.4 Å². The Kier molecular flexibility index (Phi) is 3.39. The summed E-state index contributed by atoms with van der Waals surface area (Å²) in [6, 6.07) is 12.0. The third-order valence-corrected chi connectivity index (χ3v) is 7.53. The first-order chi connectivity index (χ1) is 13.3. The molecule has 4 atom stereocenters. The molecule has 2 aliphatic rings. The summed E-state index contributed by atoms with van der Waals surface area (Å²) in [6.45, 7) is 3.67. The number of H-pyrrole nitrogens is 1. The molecule has 2 aromatic carbocycles. The average Bonchev–Trinajstić information content (AvgIpc) is 3.04. The molecule has 4 unspecified atom stereocenters. The number of carbonyl (C=O) groups excluding carboxylic acids is 1. The fourth-order valence-corrected chi connectivity index (χ4v) is 5.75. The van der Waals surface area contributed by atoms with Gasteiger partial charge in [0, 0.05) is 33.8 Å². The zero-order valence-corrected chi connectivity index (χ0v) is 16.0. The van der Waals surface area contributed by atoms with Crippen molar-refractivity contribution in [2.45, 2.75) is 44.6 Å². The molecule has 0 bridgehead atoms. The predicted octanol–water partition coefficient (Wildman–Crippen LogP) is 4.03. The van der Waals surface area contributed by atoms with Gasteiger partial charge in [-0.05, 0) is 54.9 Å². The van der Waals surface area contributed by atoms with Crippen LogP contribution < -0.4 is 0 Å². The maximum atomic E-state index is 13.1. The number of hydrogen-bond donors (Lipinski definition) is 3. The summed E-state index contributed by atoms with van der Waals surface area (Å²) in [5.74, 6) is -1.51. The van der Waals surface area contributed by atoms with E-state index in [9.17, 15) is 19.8 Å². The number of aliphatic hydroxyl groups excluding tert-OH is 1. The third kappa shape index (κ3) is 2.00. The number of aliphatic carboxylic acids is 1.